The van der Waals surface area contributed by atoms with Gasteiger partial charge in [-0.3, -0.25) is 0 Å². The van der Waals surface area contributed by atoms with Crippen LogP contribution in [0.5, 0.6) is 0 Å². The van der Waals surface area contributed by atoms with E-state index in [9.17, 15) is 23.1 Å². The fourth-order valence-corrected chi connectivity index (χ4v) is 4.77. The summed E-state index contributed by atoms with van der Waals surface area (Å²) in [5.74, 6) is 0.0750. The summed E-state index contributed by atoms with van der Waals surface area (Å²) in [5.41, 5.74) is 0.724. The molecule has 1 aliphatic heterocycles. The van der Waals surface area contributed by atoms with Gasteiger partial charge in [-0.1, -0.05) is 18.2 Å². The van der Waals surface area contributed by atoms with Crippen molar-refractivity contribution in [3.05, 3.63) is 58.8 Å². The number of alkyl halides is 3. The predicted molar refractivity (Wildman–Crippen MR) is 98.5 cm³/mol. The molecule has 7 heteroatoms. The van der Waals surface area contributed by atoms with Crippen molar-refractivity contribution in [2.24, 2.45) is 11.8 Å². The van der Waals surface area contributed by atoms with Crippen LogP contribution in [0.15, 0.2) is 36.4 Å². The van der Waals surface area contributed by atoms with Crippen LogP contribution in [-0.4, -0.2) is 29.1 Å². The van der Waals surface area contributed by atoms with Crippen LogP contribution in [0.1, 0.15) is 45.9 Å². The SMILES string of the molecule is Cc1cc(C(=O)O)nc(N2C[C@H]3C[C@@H](c4ccccc4C(F)(F)F)C[C@H]3C2)c1. The number of hydrogen-bond donors (Lipinski definition) is 1. The summed E-state index contributed by atoms with van der Waals surface area (Å²) in [4.78, 5) is 17.6. The molecule has 2 aromatic rings. The van der Waals surface area contributed by atoms with E-state index in [4.69, 9.17) is 0 Å². The van der Waals surface area contributed by atoms with Gasteiger partial charge in [0.2, 0.25) is 0 Å². The van der Waals surface area contributed by atoms with Gasteiger partial charge >= 0.3 is 12.1 Å². The Morgan fingerprint density at radius 2 is 1.79 bits per heavy atom. The number of carboxylic acid groups (broad SMARTS) is 1. The predicted octanol–water partition coefficient (Wildman–Crippen LogP) is 4.74. The molecule has 28 heavy (non-hydrogen) atoms. The molecule has 2 heterocycles. The first-order valence-electron chi connectivity index (χ1n) is 9.35. The number of hydrogen-bond acceptors (Lipinski definition) is 3. The molecule has 0 spiro atoms. The number of aryl methyl sites for hydroxylation is 1. The lowest BCUT2D eigenvalue weighted by molar-refractivity contribution is -0.138. The van der Waals surface area contributed by atoms with Gasteiger partial charge in [-0.25, -0.2) is 9.78 Å². The third-order valence-electron chi connectivity index (χ3n) is 5.96. The number of fused-ring (bicyclic) bond motifs is 1. The molecule has 1 aliphatic carbocycles. The Morgan fingerprint density at radius 3 is 2.39 bits per heavy atom. The van der Waals surface area contributed by atoms with Gasteiger partial charge < -0.3 is 10.0 Å². The van der Waals surface area contributed by atoms with Gasteiger partial charge in [-0.2, -0.15) is 13.2 Å². The average Bonchev–Trinajstić information content (AvgIpc) is 3.19. The van der Waals surface area contributed by atoms with E-state index < -0.39 is 17.7 Å². The van der Waals surface area contributed by atoms with Crippen LogP contribution < -0.4 is 4.90 Å². The minimum atomic E-state index is -4.33. The summed E-state index contributed by atoms with van der Waals surface area (Å²) >= 11 is 0. The second-order valence-electron chi connectivity index (χ2n) is 7.87. The lowest BCUT2D eigenvalue weighted by Gasteiger charge is -2.22. The highest BCUT2D eigenvalue weighted by atomic mass is 19.4. The van der Waals surface area contributed by atoms with E-state index in [1.54, 1.807) is 12.1 Å². The zero-order valence-electron chi connectivity index (χ0n) is 15.4. The molecule has 4 nitrogen and oxygen atoms in total. The molecule has 1 aromatic carbocycles. The molecular formula is C21H21F3N2O2. The Balaban J connectivity index is 1.51. The molecular weight excluding hydrogens is 369 g/mol. The Morgan fingerprint density at radius 1 is 1.14 bits per heavy atom. The normalized spacial score (nSPS) is 24.4. The van der Waals surface area contributed by atoms with Gasteiger partial charge in [0, 0.05) is 13.1 Å². The number of benzene rings is 1. The summed E-state index contributed by atoms with van der Waals surface area (Å²) in [6, 6.07) is 9.28. The van der Waals surface area contributed by atoms with E-state index in [0.717, 1.165) is 5.56 Å². The van der Waals surface area contributed by atoms with Crippen molar-refractivity contribution in [3.8, 4) is 0 Å². The van der Waals surface area contributed by atoms with Gasteiger partial charge in [-0.15, -0.1) is 0 Å². The number of rotatable bonds is 3. The molecule has 2 fully saturated rings. The van der Waals surface area contributed by atoms with Gasteiger partial charge in [-0.05, 0) is 66.8 Å². The molecule has 1 N–H and O–H groups in total. The summed E-state index contributed by atoms with van der Waals surface area (Å²) in [5, 5.41) is 9.22. The quantitative estimate of drug-likeness (QED) is 0.823. The smallest absolute Gasteiger partial charge is 0.416 e. The van der Waals surface area contributed by atoms with Crippen LogP contribution >= 0.6 is 0 Å². The molecule has 0 amide bonds. The monoisotopic (exact) mass is 390 g/mol. The third-order valence-corrected chi connectivity index (χ3v) is 5.96. The van der Waals surface area contributed by atoms with Crippen molar-refractivity contribution in [1.82, 2.24) is 4.98 Å². The van der Waals surface area contributed by atoms with Crippen molar-refractivity contribution < 1.29 is 23.1 Å². The lowest BCUT2D eigenvalue weighted by Crippen LogP contribution is -2.23. The number of carbonyl (C=O) groups is 1. The highest BCUT2D eigenvalue weighted by Crippen LogP contribution is 2.49. The maximum atomic E-state index is 13.4. The van der Waals surface area contributed by atoms with Gasteiger partial charge in [0.05, 0.1) is 5.56 Å². The summed E-state index contributed by atoms with van der Waals surface area (Å²) in [6.07, 6.45) is -2.91. The van der Waals surface area contributed by atoms with Crippen molar-refractivity contribution in [3.63, 3.8) is 0 Å². The number of pyridine rings is 1. The molecule has 0 radical (unpaired) electrons. The fraction of sp³-hybridized carbons (Fsp3) is 0.429. The molecule has 1 saturated carbocycles. The lowest BCUT2D eigenvalue weighted by atomic mass is 9.91. The highest BCUT2D eigenvalue weighted by molar-refractivity contribution is 5.86. The number of halogens is 3. The average molecular weight is 390 g/mol. The van der Waals surface area contributed by atoms with Crippen molar-refractivity contribution in [2.45, 2.75) is 31.9 Å². The summed E-state index contributed by atoms with van der Waals surface area (Å²) in [7, 11) is 0. The number of aromatic nitrogens is 1. The molecule has 2 aliphatic rings. The first kappa shape index (κ1) is 18.8. The number of carboxylic acids is 1. The fourth-order valence-electron chi connectivity index (χ4n) is 4.77. The second-order valence-corrected chi connectivity index (χ2v) is 7.87. The van der Waals surface area contributed by atoms with Crippen molar-refractivity contribution in [1.29, 1.82) is 0 Å². The maximum Gasteiger partial charge on any atom is 0.416 e. The van der Waals surface area contributed by atoms with Crippen LogP contribution in [0.3, 0.4) is 0 Å². The molecule has 1 saturated heterocycles. The van der Waals surface area contributed by atoms with E-state index >= 15 is 0 Å². The highest BCUT2D eigenvalue weighted by Gasteiger charge is 2.44. The van der Waals surface area contributed by atoms with E-state index in [1.165, 1.54) is 18.2 Å². The van der Waals surface area contributed by atoms with E-state index in [2.05, 4.69) is 9.88 Å². The number of aromatic carboxylic acids is 1. The third kappa shape index (κ3) is 3.45. The van der Waals surface area contributed by atoms with E-state index in [-0.39, 0.29) is 11.6 Å². The Hall–Kier alpha value is -2.57. The topological polar surface area (TPSA) is 53.4 Å². The summed E-state index contributed by atoms with van der Waals surface area (Å²) < 4.78 is 40.1. The van der Waals surface area contributed by atoms with Crippen LogP contribution in [0.2, 0.25) is 0 Å². The molecule has 0 bridgehead atoms. The Bertz CT molecular complexity index is 899. The van der Waals surface area contributed by atoms with E-state index in [0.29, 0.717) is 49.1 Å². The first-order chi connectivity index (χ1) is 13.2. The molecule has 148 valence electrons. The minimum absolute atomic E-state index is 0.0176. The Labute approximate surface area is 161 Å². The second kappa shape index (κ2) is 6.79. The summed E-state index contributed by atoms with van der Waals surface area (Å²) in [6.45, 7) is 3.23. The number of anilines is 1. The van der Waals surface area contributed by atoms with Crippen LogP contribution in [0.25, 0.3) is 0 Å². The zero-order valence-corrected chi connectivity index (χ0v) is 15.4. The molecule has 0 unspecified atom stereocenters. The molecule has 3 atom stereocenters. The molecule has 1 aromatic heterocycles. The van der Waals surface area contributed by atoms with E-state index in [1.807, 2.05) is 13.0 Å². The van der Waals surface area contributed by atoms with Crippen LogP contribution in [0, 0.1) is 18.8 Å². The van der Waals surface area contributed by atoms with Crippen LogP contribution in [0.4, 0.5) is 19.0 Å². The van der Waals surface area contributed by atoms with Gasteiger partial charge in [0.25, 0.3) is 0 Å². The van der Waals surface area contributed by atoms with Gasteiger partial charge in [0.1, 0.15) is 5.82 Å². The minimum Gasteiger partial charge on any atom is -0.477 e. The first-order valence-corrected chi connectivity index (χ1v) is 9.35. The van der Waals surface area contributed by atoms with Crippen LogP contribution in [-0.2, 0) is 6.18 Å². The number of nitrogens with zero attached hydrogens (tertiary/aromatic N) is 2. The van der Waals surface area contributed by atoms with Gasteiger partial charge in [0.15, 0.2) is 5.69 Å². The molecule has 4 rings (SSSR count). The standard InChI is InChI=1S/C21H21F3N2O2/c1-12-6-18(20(27)28)25-19(7-12)26-10-14-8-13(9-15(14)11-26)16-4-2-3-5-17(16)21(22,23)24/h2-7,13-15H,8-11H2,1H3,(H,27,28)/t13-,14-,15+. The zero-order chi connectivity index (χ0) is 20.1. The largest absolute Gasteiger partial charge is 0.477 e. The Kier molecular flexibility index (Phi) is 4.56. The van der Waals surface area contributed by atoms with Crippen molar-refractivity contribution in [2.75, 3.05) is 18.0 Å². The van der Waals surface area contributed by atoms with Crippen molar-refractivity contribution >= 4 is 11.8 Å². The maximum absolute atomic E-state index is 13.4.